The van der Waals surface area contributed by atoms with E-state index in [-0.39, 0.29) is 11.3 Å². The van der Waals surface area contributed by atoms with E-state index in [9.17, 15) is 15.0 Å². The maximum absolute atomic E-state index is 11.3. The minimum absolute atomic E-state index is 0.0754. The number of hydrogen-bond donors (Lipinski definition) is 2. The van der Waals surface area contributed by atoms with Crippen LogP contribution in [0.3, 0.4) is 0 Å². The number of phenolic OH excluding ortho intramolecular Hbond substituents is 1. The van der Waals surface area contributed by atoms with Gasteiger partial charge in [0, 0.05) is 5.56 Å². The van der Waals surface area contributed by atoms with Gasteiger partial charge in [-0.1, -0.05) is 0 Å². The van der Waals surface area contributed by atoms with Crippen molar-refractivity contribution >= 4 is 21.9 Å². The third kappa shape index (κ3) is 2.24. The molecule has 0 heterocycles. The predicted octanol–water partition coefficient (Wildman–Crippen LogP) is 2.24. The van der Waals surface area contributed by atoms with E-state index in [0.29, 0.717) is 4.47 Å². The number of carbonyl (C=O) groups excluding carboxylic acids is 1. The molecule has 18 heavy (non-hydrogen) atoms. The van der Waals surface area contributed by atoms with Crippen molar-refractivity contribution in [2.75, 3.05) is 7.11 Å². The molecule has 1 aromatic rings. The fourth-order valence-electron chi connectivity index (χ4n) is 2.31. The van der Waals surface area contributed by atoms with Gasteiger partial charge < -0.3 is 14.9 Å². The Morgan fingerprint density at radius 1 is 1.44 bits per heavy atom. The van der Waals surface area contributed by atoms with Gasteiger partial charge in [0.2, 0.25) is 0 Å². The molecular formula is C13H15BrO4. The SMILES string of the molecule is COC(=O)C(O)c1cc2c(c(Br)c1O)CCCC2. The summed E-state index contributed by atoms with van der Waals surface area (Å²) in [5.41, 5.74) is 2.35. The number of carbonyl (C=O) groups is 1. The normalized spacial score (nSPS) is 15.9. The zero-order chi connectivity index (χ0) is 13.3. The summed E-state index contributed by atoms with van der Waals surface area (Å²) in [5.74, 6) is -0.846. The molecule has 5 heteroatoms. The first-order valence-electron chi connectivity index (χ1n) is 5.85. The van der Waals surface area contributed by atoms with E-state index in [4.69, 9.17) is 0 Å². The van der Waals surface area contributed by atoms with Gasteiger partial charge in [0.25, 0.3) is 0 Å². The molecule has 1 aliphatic rings. The van der Waals surface area contributed by atoms with Crippen molar-refractivity contribution in [1.82, 2.24) is 0 Å². The molecule has 2 rings (SSSR count). The number of aliphatic hydroxyl groups excluding tert-OH is 1. The zero-order valence-corrected chi connectivity index (χ0v) is 11.7. The van der Waals surface area contributed by atoms with Crippen molar-refractivity contribution in [3.63, 3.8) is 0 Å². The highest BCUT2D eigenvalue weighted by Gasteiger charge is 2.26. The van der Waals surface area contributed by atoms with Crippen LogP contribution in [0.1, 0.15) is 35.6 Å². The molecule has 0 radical (unpaired) electrons. The number of methoxy groups -OCH3 is 1. The van der Waals surface area contributed by atoms with Crippen LogP contribution in [0.15, 0.2) is 10.5 Å². The van der Waals surface area contributed by atoms with Crippen molar-refractivity contribution in [3.05, 3.63) is 27.2 Å². The van der Waals surface area contributed by atoms with Gasteiger partial charge in [-0.05, 0) is 58.8 Å². The Balaban J connectivity index is 2.49. The number of rotatable bonds is 2. The van der Waals surface area contributed by atoms with Gasteiger partial charge in [-0.25, -0.2) is 4.79 Å². The van der Waals surface area contributed by atoms with E-state index in [1.807, 2.05) is 0 Å². The van der Waals surface area contributed by atoms with Crippen LogP contribution in [0.2, 0.25) is 0 Å². The highest BCUT2D eigenvalue weighted by molar-refractivity contribution is 9.10. The number of phenols is 1. The summed E-state index contributed by atoms with van der Waals surface area (Å²) in [6.07, 6.45) is 2.52. The third-order valence-corrected chi connectivity index (χ3v) is 4.16. The summed E-state index contributed by atoms with van der Waals surface area (Å²) in [4.78, 5) is 11.3. The second-order valence-corrected chi connectivity index (χ2v) is 5.19. The van der Waals surface area contributed by atoms with Crippen molar-refractivity contribution in [2.24, 2.45) is 0 Å². The summed E-state index contributed by atoms with van der Waals surface area (Å²) in [6.45, 7) is 0. The number of esters is 1. The van der Waals surface area contributed by atoms with Gasteiger partial charge in [0.15, 0.2) is 6.10 Å². The van der Waals surface area contributed by atoms with Gasteiger partial charge in [-0.15, -0.1) is 0 Å². The lowest BCUT2D eigenvalue weighted by Crippen LogP contribution is -2.15. The Morgan fingerprint density at radius 2 is 2.11 bits per heavy atom. The number of aromatic hydroxyl groups is 1. The summed E-state index contributed by atoms with van der Waals surface area (Å²) in [7, 11) is 1.20. The molecule has 1 unspecified atom stereocenters. The van der Waals surface area contributed by atoms with E-state index in [1.54, 1.807) is 6.07 Å². The smallest absolute Gasteiger partial charge is 0.339 e. The minimum Gasteiger partial charge on any atom is -0.506 e. The van der Waals surface area contributed by atoms with Crippen LogP contribution in [0.5, 0.6) is 5.75 Å². The maximum atomic E-state index is 11.3. The molecule has 1 atom stereocenters. The average Bonchev–Trinajstić information content (AvgIpc) is 2.41. The number of aryl methyl sites for hydroxylation is 1. The topological polar surface area (TPSA) is 66.8 Å². The quantitative estimate of drug-likeness (QED) is 0.822. The Bertz CT molecular complexity index is 484. The molecule has 0 fully saturated rings. The molecule has 0 bridgehead atoms. The lowest BCUT2D eigenvalue weighted by molar-refractivity contribution is -0.150. The van der Waals surface area contributed by atoms with Gasteiger partial charge in [0.1, 0.15) is 5.75 Å². The number of fused-ring (bicyclic) bond motifs is 1. The van der Waals surface area contributed by atoms with Crippen LogP contribution < -0.4 is 0 Å². The number of ether oxygens (including phenoxy) is 1. The Morgan fingerprint density at radius 3 is 2.78 bits per heavy atom. The average molecular weight is 315 g/mol. The molecular weight excluding hydrogens is 300 g/mol. The highest BCUT2D eigenvalue weighted by atomic mass is 79.9. The lowest BCUT2D eigenvalue weighted by Gasteiger charge is -2.21. The molecule has 0 spiro atoms. The van der Waals surface area contributed by atoms with E-state index in [1.165, 1.54) is 7.11 Å². The van der Waals surface area contributed by atoms with E-state index < -0.39 is 12.1 Å². The van der Waals surface area contributed by atoms with E-state index in [2.05, 4.69) is 20.7 Å². The molecule has 0 aromatic heterocycles. The lowest BCUT2D eigenvalue weighted by atomic mass is 9.89. The van der Waals surface area contributed by atoms with Crippen LogP contribution in [0.25, 0.3) is 0 Å². The standard InChI is InChI=1S/C13H15BrO4/c1-18-13(17)12(16)9-6-7-4-2-3-5-8(7)10(14)11(9)15/h6,12,15-16H,2-5H2,1H3. The fraction of sp³-hybridized carbons (Fsp3) is 0.462. The Hall–Kier alpha value is -1.07. The molecule has 0 amide bonds. The third-order valence-electron chi connectivity index (χ3n) is 3.31. The monoisotopic (exact) mass is 314 g/mol. The molecule has 1 aromatic carbocycles. The molecule has 0 aliphatic heterocycles. The van der Waals surface area contributed by atoms with Crippen molar-refractivity contribution in [1.29, 1.82) is 0 Å². The summed E-state index contributed by atoms with van der Waals surface area (Å²) in [6, 6.07) is 1.70. The molecule has 2 N–H and O–H groups in total. The van der Waals surface area contributed by atoms with Crippen molar-refractivity contribution < 1.29 is 19.7 Å². The van der Waals surface area contributed by atoms with Crippen LogP contribution in [-0.2, 0) is 22.4 Å². The second kappa shape index (κ2) is 5.28. The molecule has 4 nitrogen and oxygen atoms in total. The van der Waals surface area contributed by atoms with Crippen LogP contribution in [-0.4, -0.2) is 23.3 Å². The first kappa shape index (κ1) is 13.4. The molecule has 0 saturated heterocycles. The number of aliphatic hydroxyl groups is 1. The summed E-state index contributed by atoms with van der Waals surface area (Å²) < 4.78 is 5.07. The first-order valence-corrected chi connectivity index (χ1v) is 6.64. The fourth-order valence-corrected chi connectivity index (χ4v) is 2.99. The predicted molar refractivity (Wildman–Crippen MR) is 69.4 cm³/mol. The first-order chi connectivity index (χ1) is 8.56. The number of hydrogen-bond acceptors (Lipinski definition) is 4. The Kier molecular flexibility index (Phi) is 3.92. The van der Waals surface area contributed by atoms with Gasteiger partial charge in [-0.3, -0.25) is 0 Å². The zero-order valence-electron chi connectivity index (χ0n) is 10.1. The van der Waals surface area contributed by atoms with Crippen molar-refractivity contribution in [2.45, 2.75) is 31.8 Å². The molecule has 1 aliphatic carbocycles. The highest BCUT2D eigenvalue weighted by Crippen LogP contribution is 2.40. The van der Waals surface area contributed by atoms with Gasteiger partial charge in [-0.2, -0.15) is 0 Å². The van der Waals surface area contributed by atoms with E-state index in [0.717, 1.165) is 36.8 Å². The van der Waals surface area contributed by atoms with Gasteiger partial charge in [0.05, 0.1) is 11.6 Å². The molecule has 98 valence electrons. The largest absolute Gasteiger partial charge is 0.506 e. The van der Waals surface area contributed by atoms with Gasteiger partial charge >= 0.3 is 5.97 Å². The van der Waals surface area contributed by atoms with Crippen molar-refractivity contribution in [3.8, 4) is 5.75 Å². The second-order valence-electron chi connectivity index (χ2n) is 4.40. The number of halogens is 1. The molecule has 0 saturated carbocycles. The van der Waals surface area contributed by atoms with E-state index >= 15 is 0 Å². The minimum atomic E-state index is -1.45. The van der Waals surface area contributed by atoms with Crippen LogP contribution in [0, 0.1) is 0 Å². The summed E-state index contributed by atoms with van der Waals surface area (Å²) in [5, 5.41) is 19.9. The van der Waals surface area contributed by atoms with Crippen LogP contribution >= 0.6 is 15.9 Å². The maximum Gasteiger partial charge on any atom is 0.339 e. The Labute approximate surface area is 114 Å². The summed E-state index contributed by atoms with van der Waals surface area (Å²) >= 11 is 3.34. The van der Waals surface area contributed by atoms with Crippen LogP contribution in [0.4, 0.5) is 0 Å². The number of benzene rings is 1.